The molecule has 2 heteroatoms. The molecule has 2 saturated carbocycles. The van der Waals surface area contributed by atoms with E-state index in [2.05, 4.69) is 52.0 Å². The lowest BCUT2D eigenvalue weighted by Gasteiger charge is -2.48. The highest BCUT2D eigenvalue weighted by Gasteiger charge is 2.48. The molecule has 4 aliphatic rings. The van der Waals surface area contributed by atoms with Crippen molar-refractivity contribution < 1.29 is 10.2 Å². The van der Waals surface area contributed by atoms with Gasteiger partial charge in [0.2, 0.25) is 0 Å². The Kier molecular flexibility index (Phi) is 7.23. The maximum atomic E-state index is 12.2. The maximum absolute atomic E-state index is 12.2. The molecule has 32 heavy (non-hydrogen) atoms. The largest absolute Gasteiger partial charge is 0.385 e. The van der Waals surface area contributed by atoms with Gasteiger partial charge < -0.3 is 10.2 Å². The lowest BCUT2D eigenvalue weighted by Crippen LogP contribution is -2.50. The molecule has 0 aromatic heterocycles. The van der Waals surface area contributed by atoms with Crippen LogP contribution < -0.4 is 0 Å². The maximum Gasteiger partial charge on any atom is 0.0947 e. The summed E-state index contributed by atoms with van der Waals surface area (Å²) in [6.45, 7) is 8.64. The average molecular weight is 439 g/mol. The molecule has 0 aromatic carbocycles. The standard InChI is InChI=1S/C30H46O2/c1-21-17-23(3)29(31,25-11-7-5-8-12-25)27(19-21)15-16-28-20-22(2)18-24(4)30(28,32)26-13-9-6-10-14-26/h17-20,25-28,31-32H,5-16H2,1-4H3. The third-order valence-electron chi connectivity index (χ3n) is 9.45. The molecular formula is C30H46O2. The molecule has 4 rings (SSSR count). The summed E-state index contributed by atoms with van der Waals surface area (Å²) in [6, 6.07) is 0. The molecule has 0 aromatic rings. The number of aliphatic hydroxyl groups is 2. The normalized spacial score (nSPS) is 37.4. The first-order valence-corrected chi connectivity index (χ1v) is 13.5. The molecule has 0 spiro atoms. The van der Waals surface area contributed by atoms with Crippen LogP contribution in [0.2, 0.25) is 0 Å². The van der Waals surface area contributed by atoms with Gasteiger partial charge in [0.15, 0.2) is 0 Å². The van der Waals surface area contributed by atoms with Crippen molar-refractivity contribution in [1.82, 2.24) is 0 Å². The zero-order valence-corrected chi connectivity index (χ0v) is 21.0. The molecule has 2 nitrogen and oxygen atoms in total. The van der Waals surface area contributed by atoms with Crippen LogP contribution in [-0.4, -0.2) is 21.4 Å². The van der Waals surface area contributed by atoms with E-state index < -0.39 is 11.2 Å². The van der Waals surface area contributed by atoms with Crippen molar-refractivity contribution in [2.24, 2.45) is 23.7 Å². The molecule has 4 unspecified atom stereocenters. The van der Waals surface area contributed by atoms with Gasteiger partial charge in [-0.1, -0.05) is 74.0 Å². The second-order valence-corrected chi connectivity index (χ2v) is 11.6. The Balaban J connectivity index is 1.58. The summed E-state index contributed by atoms with van der Waals surface area (Å²) in [5.74, 6) is 1.02. The molecule has 0 aliphatic heterocycles. The Morgan fingerprint density at radius 3 is 1.31 bits per heavy atom. The predicted molar refractivity (Wildman–Crippen MR) is 134 cm³/mol. The number of allylic oxidation sites excluding steroid dienone is 4. The van der Waals surface area contributed by atoms with E-state index in [0.717, 1.165) is 49.7 Å². The van der Waals surface area contributed by atoms with Crippen LogP contribution in [0.25, 0.3) is 0 Å². The van der Waals surface area contributed by atoms with E-state index in [0.29, 0.717) is 11.8 Å². The van der Waals surface area contributed by atoms with Gasteiger partial charge in [-0.15, -0.1) is 0 Å². The van der Waals surface area contributed by atoms with Crippen molar-refractivity contribution in [3.8, 4) is 0 Å². The topological polar surface area (TPSA) is 40.5 Å². The lowest BCUT2D eigenvalue weighted by molar-refractivity contribution is -0.0556. The van der Waals surface area contributed by atoms with Gasteiger partial charge >= 0.3 is 0 Å². The summed E-state index contributed by atoms with van der Waals surface area (Å²) in [5, 5.41) is 24.3. The highest BCUT2D eigenvalue weighted by molar-refractivity contribution is 5.38. The van der Waals surface area contributed by atoms with Crippen LogP contribution in [0.1, 0.15) is 105 Å². The van der Waals surface area contributed by atoms with E-state index >= 15 is 0 Å². The summed E-state index contributed by atoms with van der Waals surface area (Å²) >= 11 is 0. The number of hydrogen-bond donors (Lipinski definition) is 2. The third-order valence-corrected chi connectivity index (χ3v) is 9.45. The summed E-state index contributed by atoms with van der Waals surface area (Å²) in [7, 11) is 0. The molecular weight excluding hydrogens is 392 g/mol. The second kappa shape index (κ2) is 9.63. The van der Waals surface area contributed by atoms with Crippen molar-refractivity contribution in [3.63, 3.8) is 0 Å². The van der Waals surface area contributed by atoms with Crippen molar-refractivity contribution in [3.05, 3.63) is 46.6 Å². The summed E-state index contributed by atoms with van der Waals surface area (Å²) < 4.78 is 0. The first-order valence-electron chi connectivity index (χ1n) is 13.5. The molecule has 2 N–H and O–H groups in total. The number of rotatable bonds is 5. The Hall–Kier alpha value is -1.12. The molecule has 0 heterocycles. The van der Waals surface area contributed by atoms with E-state index in [4.69, 9.17) is 0 Å². The minimum atomic E-state index is -0.721. The first kappa shape index (κ1) is 24.0. The van der Waals surface area contributed by atoms with Gasteiger partial charge in [-0.3, -0.25) is 0 Å². The quantitative estimate of drug-likeness (QED) is 0.468. The van der Waals surface area contributed by atoms with Crippen molar-refractivity contribution in [2.45, 2.75) is 116 Å². The van der Waals surface area contributed by atoms with Crippen LogP contribution in [0.5, 0.6) is 0 Å². The molecule has 0 radical (unpaired) electrons. The van der Waals surface area contributed by atoms with Gasteiger partial charge in [0.1, 0.15) is 0 Å². The molecule has 4 atom stereocenters. The fraction of sp³-hybridized carbons (Fsp3) is 0.733. The van der Waals surface area contributed by atoms with Gasteiger partial charge in [0.25, 0.3) is 0 Å². The van der Waals surface area contributed by atoms with Gasteiger partial charge in [0, 0.05) is 11.8 Å². The van der Waals surface area contributed by atoms with Crippen molar-refractivity contribution >= 4 is 0 Å². The zero-order valence-electron chi connectivity index (χ0n) is 21.0. The monoisotopic (exact) mass is 438 g/mol. The summed E-state index contributed by atoms with van der Waals surface area (Å²) in [6.07, 6.45) is 23.1. The van der Waals surface area contributed by atoms with Crippen LogP contribution in [0.15, 0.2) is 46.6 Å². The minimum absolute atomic E-state index is 0.145. The fourth-order valence-electron chi connectivity index (χ4n) is 7.78. The Morgan fingerprint density at radius 2 is 0.969 bits per heavy atom. The highest BCUT2D eigenvalue weighted by Crippen LogP contribution is 2.50. The van der Waals surface area contributed by atoms with Crippen LogP contribution in [0.3, 0.4) is 0 Å². The van der Waals surface area contributed by atoms with E-state index in [-0.39, 0.29) is 11.8 Å². The van der Waals surface area contributed by atoms with Gasteiger partial charge in [-0.25, -0.2) is 0 Å². The van der Waals surface area contributed by atoms with Gasteiger partial charge in [0.05, 0.1) is 11.2 Å². The average Bonchev–Trinajstić information content (AvgIpc) is 2.79. The second-order valence-electron chi connectivity index (χ2n) is 11.6. The third kappa shape index (κ3) is 4.34. The Labute approximate surface area is 196 Å². The predicted octanol–water partition coefficient (Wildman–Crippen LogP) is 7.43. The molecule has 0 saturated heterocycles. The van der Waals surface area contributed by atoms with E-state index in [1.807, 2.05) is 0 Å². The smallest absolute Gasteiger partial charge is 0.0947 e. The van der Waals surface area contributed by atoms with Gasteiger partial charge in [-0.2, -0.15) is 0 Å². The first-order chi connectivity index (χ1) is 15.3. The van der Waals surface area contributed by atoms with Crippen LogP contribution in [0, 0.1) is 23.7 Å². The SMILES string of the molecule is CC1=CC(CCC2C=C(C)C=C(C)C2(O)C2CCCCC2)C(O)(C2CCCCC2)C(C)=C1. The Bertz CT molecular complexity index is 735. The molecule has 0 amide bonds. The highest BCUT2D eigenvalue weighted by atomic mass is 16.3. The molecule has 0 bridgehead atoms. The number of hydrogen-bond acceptors (Lipinski definition) is 2. The van der Waals surface area contributed by atoms with E-state index in [9.17, 15) is 10.2 Å². The van der Waals surface area contributed by atoms with Gasteiger partial charge in [-0.05, 0) is 89.2 Å². The minimum Gasteiger partial charge on any atom is -0.385 e. The summed E-state index contributed by atoms with van der Waals surface area (Å²) in [4.78, 5) is 0. The zero-order chi connectivity index (χ0) is 22.9. The molecule has 2 fully saturated rings. The molecule has 4 aliphatic carbocycles. The van der Waals surface area contributed by atoms with Crippen LogP contribution in [-0.2, 0) is 0 Å². The fourth-order valence-corrected chi connectivity index (χ4v) is 7.78. The summed E-state index contributed by atoms with van der Waals surface area (Å²) in [5.41, 5.74) is 3.43. The van der Waals surface area contributed by atoms with Crippen molar-refractivity contribution in [2.75, 3.05) is 0 Å². The van der Waals surface area contributed by atoms with E-state index in [1.54, 1.807) is 0 Å². The lowest BCUT2D eigenvalue weighted by atomic mass is 9.61. The van der Waals surface area contributed by atoms with Crippen LogP contribution in [0.4, 0.5) is 0 Å². The van der Waals surface area contributed by atoms with Crippen molar-refractivity contribution in [1.29, 1.82) is 0 Å². The van der Waals surface area contributed by atoms with E-state index in [1.165, 1.54) is 49.7 Å². The Morgan fingerprint density at radius 1 is 0.625 bits per heavy atom. The molecule has 178 valence electrons. The van der Waals surface area contributed by atoms with Crippen LogP contribution >= 0.6 is 0 Å².